The van der Waals surface area contributed by atoms with Crippen LogP contribution in [0.1, 0.15) is 77.0 Å². The van der Waals surface area contributed by atoms with E-state index in [0.29, 0.717) is 36.9 Å². The highest BCUT2D eigenvalue weighted by molar-refractivity contribution is 5.98. The van der Waals surface area contributed by atoms with Crippen LogP contribution in [0, 0.1) is 5.92 Å². The van der Waals surface area contributed by atoms with Gasteiger partial charge in [0, 0.05) is 37.8 Å². The van der Waals surface area contributed by atoms with Crippen LogP contribution in [0.15, 0.2) is 41.8 Å². The summed E-state index contributed by atoms with van der Waals surface area (Å²) < 4.78 is 0. The molecule has 1 fully saturated rings. The van der Waals surface area contributed by atoms with E-state index in [2.05, 4.69) is 52.2 Å². The Kier molecular flexibility index (Phi) is 22.5. The summed E-state index contributed by atoms with van der Waals surface area (Å²) in [6, 6.07) is -2.50. The fraction of sp³-hybridized carbons (Fsp3) is 0.581. The number of phenolic OH excluding ortho intramolecular Hbond substituents is 1. The Morgan fingerprint density at radius 1 is 0.821 bits per heavy atom. The van der Waals surface area contributed by atoms with E-state index in [1.165, 1.54) is 36.5 Å². The van der Waals surface area contributed by atoms with E-state index in [1.807, 2.05) is 0 Å². The summed E-state index contributed by atoms with van der Waals surface area (Å²) in [4.78, 5) is 120. The minimum atomic E-state index is -1.36. The lowest BCUT2D eigenvalue weighted by atomic mass is 9.99. The number of hydrogen-bond acceptors (Lipinski definition) is 13. The summed E-state index contributed by atoms with van der Waals surface area (Å²) in [5, 5.41) is 38.1. The number of nitrogens with zero attached hydrogens (tertiary/aromatic N) is 3. The smallest absolute Gasteiger partial charge is 0.325 e. The lowest BCUT2D eigenvalue weighted by Crippen LogP contribution is -2.61. The van der Waals surface area contributed by atoms with Crippen LogP contribution in [0.2, 0.25) is 0 Å². The van der Waals surface area contributed by atoms with E-state index in [-0.39, 0.29) is 70.0 Å². The first-order valence-corrected chi connectivity index (χ1v) is 22.3. The molecule has 0 bridgehead atoms. The Hall–Kier alpha value is -6.82. The number of aromatic nitrogens is 2. The average molecular weight is 941 g/mol. The molecule has 7 atom stereocenters. The van der Waals surface area contributed by atoms with Crippen LogP contribution in [0.25, 0.3) is 0 Å². The first-order valence-electron chi connectivity index (χ1n) is 22.3. The van der Waals surface area contributed by atoms with Gasteiger partial charge in [0.25, 0.3) is 0 Å². The molecule has 1 aliphatic heterocycles. The molecule has 3 rings (SSSR count). The predicted molar refractivity (Wildman–Crippen MR) is 245 cm³/mol. The Balaban J connectivity index is 1.92. The van der Waals surface area contributed by atoms with Crippen LogP contribution in [-0.4, -0.2) is 154 Å². The third-order valence-corrected chi connectivity index (χ3v) is 10.9. The molecule has 2 heterocycles. The van der Waals surface area contributed by atoms with Gasteiger partial charge in [0.1, 0.15) is 48.0 Å². The maximum Gasteiger partial charge on any atom is 0.325 e. The number of aliphatic imine (C=N–C) groups is 1. The van der Waals surface area contributed by atoms with Gasteiger partial charge in [-0.2, -0.15) is 0 Å². The van der Waals surface area contributed by atoms with Crippen molar-refractivity contribution in [1.29, 1.82) is 0 Å². The first kappa shape index (κ1) is 54.5. The average Bonchev–Trinajstić information content (AvgIpc) is 3.99. The van der Waals surface area contributed by atoms with Crippen molar-refractivity contribution in [1.82, 2.24) is 52.1 Å². The van der Waals surface area contributed by atoms with Crippen molar-refractivity contribution in [2.75, 3.05) is 33.2 Å². The van der Waals surface area contributed by atoms with E-state index in [1.54, 1.807) is 33.0 Å². The molecule has 0 aliphatic carbocycles. The zero-order valence-electron chi connectivity index (χ0n) is 38.5. The van der Waals surface area contributed by atoms with Crippen molar-refractivity contribution in [3.8, 4) is 5.75 Å². The molecule has 16 N–H and O–H groups in total. The molecular formula is C43H68N14O10. The van der Waals surface area contributed by atoms with E-state index >= 15 is 0 Å². The van der Waals surface area contributed by atoms with E-state index in [0.717, 1.165) is 0 Å². The van der Waals surface area contributed by atoms with Crippen LogP contribution in [0.3, 0.4) is 0 Å². The second-order valence-corrected chi connectivity index (χ2v) is 16.7. The summed E-state index contributed by atoms with van der Waals surface area (Å²) in [5.41, 5.74) is 17.6. The number of likely N-dealkylation sites (N-methyl/N-ethyl adjacent to an activating group) is 1. The molecule has 1 saturated heterocycles. The van der Waals surface area contributed by atoms with Gasteiger partial charge in [-0.25, -0.2) is 4.98 Å². The maximum atomic E-state index is 14.4. The zero-order chi connectivity index (χ0) is 49.6. The molecule has 24 heteroatoms. The van der Waals surface area contributed by atoms with Crippen molar-refractivity contribution in [3.63, 3.8) is 0 Å². The third-order valence-electron chi connectivity index (χ3n) is 10.9. The van der Waals surface area contributed by atoms with E-state index in [9.17, 15) is 48.6 Å². The highest BCUT2D eigenvalue weighted by Gasteiger charge is 2.40. The van der Waals surface area contributed by atoms with Gasteiger partial charge in [-0.15, -0.1) is 0 Å². The summed E-state index contributed by atoms with van der Waals surface area (Å²) in [5.74, 6) is -6.68. The largest absolute Gasteiger partial charge is 0.508 e. The topological polar surface area (TPSA) is 384 Å². The van der Waals surface area contributed by atoms with Crippen molar-refractivity contribution in [3.05, 3.63) is 48.0 Å². The van der Waals surface area contributed by atoms with Gasteiger partial charge in [-0.1, -0.05) is 26.0 Å². The Morgan fingerprint density at radius 3 is 2.06 bits per heavy atom. The summed E-state index contributed by atoms with van der Waals surface area (Å²) in [6.07, 6.45) is 4.71. The van der Waals surface area contributed by atoms with E-state index < -0.39 is 95.5 Å². The number of imidazole rings is 1. The number of hydrogen-bond donors (Lipinski definition) is 13. The second-order valence-electron chi connectivity index (χ2n) is 16.7. The first-order chi connectivity index (χ1) is 31.8. The number of amides is 7. The van der Waals surface area contributed by atoms with Crippen molar-refractivity contribution in [2.45, 2.75) is 121 Å². The van der Waals surface area contributed by atoms with Gasteiger partial charge in [0.15, 0.2) is 5.96 Å². The zero-order valence-corrected chi connectivity index (χ0v) is 38.5. The lowest BCUT2D eigenvalue weighted by Gasteiger charge is -2.30. The second kappa shape index (κ2) is 27.6. The molecule has 0 spiro atoms. The van der Waals surface area contributed by atoms with Gasteiger partial charge in [-0.3, -0.25) is 43.3 Å². The van der Waals surface area contributed by atoms with Crippen molar-refractivity contribution >= 4 is 53.3 Å². The molecule has 0 radical (unpaired) electrons. The summed E-state index contributed by atoms with van der Waals surface area (Å²) in [6.45, 7) is 5.19. The summed E-state index contributed by atoms with van der Waals surface area (Å²) >= 11 is 0. The molecule has 7 amide bonds. The molecule has 24 nitrogen and oxygen atoms in total. The Labute approximate surface area is 389 Å². The third kappa shape index (κ3) is 18.2. The number of phenols is 1. The minimum Gasteiger partial charge on any atom is -0.508 e. The van der Waals surface area contributed by atoms with Crippen LogP contribution in [0.4, 0.5) is 0 Å². The molecule has 0 saturated carbocycles. The molecule has 1 aromatic heterocycles. The number of carbonyl (C=O) groups excluding carboxylic acids is 7. The number of carbonyl (C=O) groups is 8. The minimum absolute atomic E-state index is 0.0439. The number of rotatable bonds is 28. The molecule has 370 valence electrons. The number of aromatic amines is 1. The normalized spacial score (nSPS) is 16.0. The Morgan fingerprint density at radius 2 is 1.45 bits per heavy atom. The van der Waals surface area contributed by atoms with E-state index in [4.69, 9.17) is 17.2 Å². The number of nitrogens with one attached hydrogen (secondary N) is 8. The molecule has 1 aliphatic rings. The standard InChI is InChI=1S/C43H68N14O10/c1-24(2)35(56-37(61)29(52-34(59)22-47-4)10-7-17-49-43(45)46)40(64)54-31(19-26-12-14-28(58)15-13-26)38(62)53-30(9-5-6-16-44)36(60)55-32(20-27-21-48-23-50-27)41(65)57-18-8-11-33(57)39(63)51-25(3)42(66)67/h12-15,21,23-25,29-33,35,47,58H,5-11,16-20,22,44H2,1-4H3,(H,48,50)(H,51,63)(H,52,59)(H,53,62)(H,54,64)(H,55,60)(H,56,61)(H,66,67)(H4,45,46,49). The van der Waals surface area contributed by atoms with Gasteiger partial charge in [0.2, 0.25) is 41.4 Å². The quantitative estimate of drug-likeness (QED) is 0.0229. The number of likely N-dealkylation sites (tertiary alicyclic amines) is 1. The number of unbranched alkanes of at least 4 members (excludes halogenated alkanes) is 1. The number of nitrogens with two attached hydrogens (primary N) is 3. The number of aromatic hydroxyl groups is 1. The molecule has 7 unspecified atom stereocenters. The summed E-state index contributed by atoms with van der Waals surface area (Å²) in [7, 11) is 1.56. The number of carboxylic acids is 1. The fourth-order valence-electron chi connectivity index (χ4n) is 7.30. The number of H-pyrrole nitrogens is 1. The van der Waals surface area contributed by atoms with Gasteiger partial charge in [-0.05, 0) is 89.1 Å². The van der Waals surface area contributed by atoms with Crippen LogP contribution in [-0.2, 0) is 51.2 Å². The van der Waals surface area contributed by atoms with Crippen LogP contribution in [0.5, 0.6) is 5.75 Å². The molecular weight excluding hydrogens is 873 g/mol. The molecule has 2 aromatic rings. The van der Waals surface area contributed by atoms with Crippen molar-refractivity contribution in [2.24, 2.45) is 28.1 Å². The number of aliphatic carboxylic acids is 1. The highest BCUT2D eigenvalue weighted by atomic mass is 16.4. The van der Waals surface area contributed by atoms with Gasteiger partial charge in [0.05, 0.1) is 12.9 Å². The predicted octanol–water partition coefficient (Wildman–Crippen LogP) is -3.04. The van der Waals surface area contributed by atoms with Crippen LogP contribution < -0.4 is 54.4 Å². The SMILES string of the molecule is CNCC(=O)NC(CCCN=C(N)N)C(=O)NC(C(=O)NC(Cc1ccc(O)cc1)C(=O)NC(CCCCN)C(=O)NC(Cc1cnc[nH]1)C(=O)N1CCCC1C(=O)NC(C)C(=O)O)C(C)C. The van der Waals surface area contributed by atoms with Crippen LogP contribution >= 0.6 is 0 Å². The van der Waals surface area contributed by atoms with Gasteiger partial charge >= 0.3 is 5.97 Å². The van der Waals surface area contributed by atoms with Gasteiger partial charge < -0.3 is 74.5 Å². The number of carboxylic acid groups (broad SMARTS) is 1. The van der Waals surface area contributed by atoms with Crippen molar-refractivity contribution < 1.29 is 48.6 Å². The fourth-order valence-corrected chi connectivity index (χ4v) is 7.30. The molecule has 67 heavy (non-hydrogen) atoms. The molecule has 1 aromatic carbocycles. The lowest BCUT2D eigenvalue weighted by molar-refractivity contribution is -0.144. The maximum absolute atomic E-state index is 14.4. The Bertz CT molecular complexity index is 1990. The number of benzene rings is 1. The number of guanidine groups is 1. The highest BCUT2D eigenvalue weighted by Crippen LogP contribution is 2.20. The monoisotopic (exact) mass is 941 g/mol.